The third kappa shape index (κ3) is 4.23. The summed E-state index contributed by atoms with van der Waals surface area (Å²) in [7, 11) is 0. The van der Waals surface area contributed by atoms with Gasteiger partial charge in [0.1, 0.15) is 4.99 Å². The molecule has 19 heavy (non-hydrogen) atoms. The van der Waals surface area contributed by atoms with Crippen LogP contribution in [0.5, 0.6) is 0 Å². The van der Waals surface area contributed by atoms with Gasteiger partial charge < -0.3 is 10.8 Å². The van der Waals surface area contributed by atoms with Crippen molar-refractivity contribution in [2.45, 2.75) is 38.3 Å². The average Bonchev–Trinajstić information content (AvgIpc) is 2.51. The first-order valence-electron chi connectivity index (χ1n) is 6.66. The Hall–Kier alpha value is -1.04. The Morgan fingerprint density at radius 1 is 1.53 bits per heavy atom. The first-order chi connectivity index (χ1) is 8.96. The first-order valence-corrected chi connectivity index (χ1v) is 7.07. The summed E-state index contributed by atoms with van der Waals surface area (Å²) in [5, 5.41) is 10.1. The van der Waals surface area contributed by atoms with Crippen molar-refractivity contribution in [2.75, 3.05) is 13.1 Å². The van der Waals surface area contributed by atoms with E-state index in [2.05, 4.69) is 9.88 Å². The molecule has 1 atom stereocenters. The normalized spacial score (nSPS) is 24.9. The van der Waals surface area contributed by atoms with Crippen LogP contribution >= 0.6 is 12.2 Å². The lowest BCUT2D eigenvalue weighted by Crippen LogP contribution is -2.28. The van der Waals surface area contributed by atoms with Crippen molar-refractivity contribution in [3.63, 3.8) is 0 Å². The van der Waals surface area contributed by atoms with E-state index in [1.165, 1.54) is 5.56 Å². The largest absolute Gasteiger partial charge is 0.390 e. The van der Waals surface area contributed by atoms with Crippen LogP contribution in [-0.2, 0) is 6.54 Å². The maximum absolute atomic E-state index is 10.1. The Morgan fingerprint density at radius 3 is 3.05 bits per heavy atom. The van der Waals surface area contributed by atoms with Crippen LogP contribution in [-0.4, -0.2) is 38.7 Å². The fourth-order valence-electron chi connectivity index (χ4n) is 2.44. The van der Waals surface area contributed by atoms with E-state index < -0.39 is 5.60 Å². The Balaban J connectivity index is 2.01. The highest BCUT2D eigenvalue weighted by Gasteiger charge is 2.24. The molecule has 1 aromatic heterocycles. The van der Waals surface area contributed by atoms with Gasteiger partial charge >= 0.3 is 0 Å². The fraction of sp³-hybridized carbons (Fsp3) is 0.571. The smallest absolute Gasteiger partial charge is 0.122 e. The van der Waals surface area contributed by atoms with Crippen LogP contribution in [0.25, 0.3) is 0 Å². The quantitative estimate of drug-likeness (QED) is 0.820. The molecule has 1 aromatic rings. The summed E-state index contributed by atoms with van der Waals surface area (Å²) in [5.74, 6) is 0. The Labute approximate surface area is 119 Å². The van der Waals surface area contributed by atoms with Crippen LogP contribution in [0.2, 0.25) is 0 Å². The Morgan fingerprint density at radius 2 is 2.32 bits per heavy atom. The standard InChI is InChI=1S/C14H21N3OS/c1-14(18)4-2-7-17(8-5-14)10-11-3-6-16-12(9-11)13(15)19/h3,6,9,18H,2,4-5,7-8,10H2,1H3,(H2,15,19). The zero-order valence-corrected chi connectivity index (χ0v) is 12.1. The third-order valence-corrected chi connectivity index (χ3v) is 3.85. The summed E-state index contributed by atoms with van der Waals surface area (Å²) in [4.78, 5) is 6.84. The van der Waals surface area contributed by atoms with Crippen molar-refractivity contribution in [1.82, 2.24) is 9.88 Å². The number of rotatable bonds is 3. The minimum absolute atomic E-state index is 0.334. The molecule has 104 valence electrons. The molecule has 0 saturated carbocycles. The number of thiocarbonyl (C=S) groups is 1. The molecule has 0 amide bonds. The van der Waals surface area contributed by atoms with E-state index in [-0.39, 0.29) is 0 Å². The molecule has 5 heteroatoms. The third-order valence-electron chi connectivity index (χ3n) is 3.64. The van der Waals surface area contributed by atoms with Crippen molar-refractivity contribution in [3.05, 3.63) is 29.6 Å². The molecular formula is C14H21N3OS. The summed E-state index contributed by atoms with van der Waals surface area (Å²) in [5.41, 5.74) is 6.92. The average molecular weight is 279 g/mol. The second-order valence-electron chi connectivity index (χ2n) is 5.54. The van der Waals surface area contributed by atoms with Gasteiger partial charge in [-0.2, -0.15) is 0 Å². The van der Waals surface area contributed by atoms with Gasteiger partial charge in [0.2, 0.25) is 0 Å². The molecule has 2 rings (SSSR count). The monoisotopic (exact) mass is 279 g/mol. The van der Waals surface area contributed by atoms with E-state index in [9.17, 15) is 5.11 Å². The van der Waals surface area contributed by atoms with E-state index in [0.29, 0.717) is 10.7 Å². The van der Waals surface area contributed by atoms with Crippen LogP contribution in [0.4, 0.5) is 0 Å². The van der Waals surface area contributed by atoms with Crippen molar-refractivity contribution in [2.24, 2.45) is 5.73 Å². The zero-order valence-electron chi connectivity index (χ0n) is 11.3. The summed E-state index contributed by atoms with van der Waals surface area (Å²) < 4.78 is 0. The lowest BCUT2D eigenvalue weighted by atomic mass is 9.98. The lowest BCUT2D eigenvalue weighted by molar-refractivity contribution is 0.0444. The van der Waals surface area contributed by atoms with Gasteiger partial charge in [-0.15, -0.1) is 0 Å². The summed E-state index contributed by atoms with van der Waals surface area (Å²) in [6.45, 7) is 4.71. The van der Waals surface area contributed by atoms with Gasteiger partial charge in [-0.3, -0.25) is 9.88 Å². The number of likely N-dealkylation sites (tertiary alicyclic amines) is 1. The molecule has 1 fully saturated rings. The second-order valence-corrected chi connectivity index (χ2v) is 5.98. The molecule has 3 N–H and O–H groups in total. The van der Waals surface area contributed by atoms with Gasteiger partial charge in [0.25, 0.3) is 0 Å². The molecule has 4 nitrogen and oxygen atoms in total. The molecular weight excluding hydrogens is 258 g/mol. The van der Waals surface area contributed by atoms with E-state index in [1.807, 2.05) is 19.1 Å². The lowest BCUT2D eigenvalue weighted by Gasteiger charge is -2.22. The first kappa shape index (κ1) is 14.4. The number of aromatic nitrogens is 1. The van der Waals surface area contributed by atoms with E-state index in [0.717, 1.165) is 38.9 Å². The number of hydrogen-bond acceptors (Lipinski definition) is 4. The molecule has 1 unspecified atom stereocenters. The SMILES string of the molecule is CC1(O)CCCN(Cc2ccnc(C(N)=S)c2)CC1. The van der Waals surface area contributed by atoms with E-state index >= 15 is 0 Å². The maximum Gasteiger partial charge on any atom is 0.122 e. The van der Waals surface area contributed by atoms with E-state index in [1.54, 1.807) is 6.20 Å². The maximum atomic E-state index is 10.1. The summed E-state index contributed by atoms with van der Waals surface area (Å²) >= 11 is 4.95. The number of aliphatic hydroxyl groups is 1. The van der Waals surface area contributed by atoms with E-state index in [4.69, 9.17) is 18.0 Å². The highest BCUT2D eigenvalue weighted by Crippen LogP contribution is 2.22. The summed E-state index contributed by atoms with van der Waals surface area (Å²) in [6.07, 6.45) is 4.47. The molecule has 1 aliphatic rings. The van der Waals surface area contributed by atoms with Crippen LogP contribution in [0.3, 0.4) is 0 Å². The van der Waals surface area contributed by atoms with Gasteiger partial charge in [-0.1, -0.05) is 12.2 Å². The number of pyridine rings is 1. The fourth-order valence-corrected chi connectivity index (χ4v) is 2.55. The number of nitrogens with zero attached hydrogens (tertiary/aromatic N) is 2. The molecule has 2 heterocycles. The molecule has 0 aromatic carbocycles. The van der Waals surface area contributed by atoms with Crippen molar-refractivity contribution >= 4 is 17.2 Å². The predicted molar refractivity (Wildman–Crippen MR) is 79.9 cm³/mol. The van der Waals surface area contributed by atoms with Gasteiger partial charge in [-0.25, -0.2) is 0 Å². The Kier molecular flexibility index (Phi) is 4.50. The molecule has 0 aliphatic carbocycles. The Bertz CT molecular complexity index is 462. The number of nitrogens with two attached hydrogens (primary N) is 1. The topological polar surface area (TPSA) is 62.4 Å². The van der Waals surface area contributed by atoms with Crippen LogP contribution in [0, 0.1) is 0 Å². The van der Waals surface area contributed by atoms with Crippen LogP contribution < -0.4 is 5.73 Å². The van der Waals surface area contributed by atoms with Gasteiger partial charge in [0, 0.05) is 19.3 Å². The zero-order chi connectivity index (χ0) is 13.9. The van der Waals surface area contributed by atoms with Crippen molar-refractivity contribution in [3.8, 4) is 0 Å². The molecule has 1 saturated heterocycles. The highest BCUT2D eigenvalue weighted by atomic mass is 32.1. The van der Waals surface area contributed by atoms with Crippen molar-refractivity contribution in [1.29, 1.82) is 0 Å². The summed E-state index contributed by atoms with van der Waals surface area (Å²) in [6, 6.07) is 3.94. The van der Waals surface area contributed by atoms with Crippen LogP contribution in [0.1, 0.15) is 37.4 Å². The van der Waals surface area contributed by atoms with Gasteiger partial charge in [0.05, 0.1) is 11.3 Å². The second kappa shape index (κ2) is 5.94. The molecule has 0 bridgehead atoms. The minimum Gasteiger partial charge on any atom is -0.390 e. The highest BCUT2D eigenvalue weighted by molar-refractivity contribution is 7.80. The van der Waals surface area contributed by atoms with Crippen LogP contribution in [0.15, 0.2) is 18.3 Å². The number of hydrogen-bond donors (Lipinski definition) is 2. The predicted octanol–water partition coefficient (Wildman–Crippen LogP) is 1.45. The molecule has 0 radical (unpaired) electrons. The van der Waals surface area contributed by atoms with Gasteiger partial charge in [-0.05, 0) is 50.4 Å². The molecule has 1 aliphatic heterocycles. The van der Waals surface area contributed by atoms with Crippen molar-refractivity contribution < 1.29 is 5.11 Å². The minimum atomic E-state index is -0.517. The molecule has 0 spiro atoms. The van der Waals surface area contributed by atoms with Gasteiger partial charge in [0.15, 0.2) is 0 Å².